The number of hydrogen-bond donors (Lipinski definition) is 1. The highest BCUT2D eigenvalue weighted by molar-refractivity contribution is 6.42. The Morgan fingerprint density at radius 1 is 1.16 bits per heavy atom. The molecule has 0 aliphatic carbocycles. The highest BCUT2D eigenvalue weighted by Crippen LogP contribution is 2.26. The summed E-state index contributed by atoms with van der Waals surface area (Å²) >= 11 is 18.3. The van der Waals surface area contributed by atoms with E-state index in [9.17, 15) is 5.11 Å². The zero-order chi connectivity index (χ0) is 22.4. The molecule has 0 aromatic heterocycles. The fourth-order valence-corrected chi connectivity index (χ4v) is 3.92. The molecule has 0 bridgehead atoms. The number of oxime groups is 1. The van der Waals surface area contributed by atoms with Crippen LogP contribution in [0.1, 0.15) is 31.4 Å². The minimum absolute atomic E-state index is 0.0661. The Morgan fingerprint density at radius 2 is 1.97 bits per heavy atom. The van der Waals surface area contributed by atoms with Crippen LogP contribution in [0.5, 0.6) is 0 Å². The molecule has 1 heterocycles. The van der Waals surface area contributed by atoms with Crippen LogP contribution in [-0.4, -0.2) is 53.7 Å². The van der Waals surface area contributed by atoms with Gasteiger partial charge in [0.1, 0.15) is 6.10 Å². The summed E-state index contributed by atoms with van der Waals surface area (Å²) in [6.45, 7) is 5.84. The third kappa shape index (κ3) is 7.63. The number of halogens is 3. The Labute approximate surface area is 198 Å². The number of aliphatic hydroxyl groups excluding tert-OH is 1. The Hall–Kier alpha value is -1.34. The molecule has 2 unspecified atom stereocenters. The van der Waals surface area contributed by atoms with Crippen LogP contribution in [0.3, 0.4) is 0 Å². The minimum Gasteiger partial charge on any atom is -0.390 e. The second kappa shape index (κ2) is 11.5. The molecule has 31 heavy (non-hydrogen) atoms. The van der Waals surface area contributed by atoms with Gasteiger partial charge in [0.05, 0.1) is 34.6 Å². The van der Waals surface area contributed by atoms with Crippen LogP contribution in [-0.2, 0) is 16.1 Å². The molecule has 0 radical (unpaired) electrons. The molecule has 3 rings (SSSR count). The molecule has 8 heteroatoms. The highest BCUT2D eigenvalue weighted by atomic mass is 35.5. The fourth-order valence-electron chi connectivity index (χ4n) is 3.41. The van der Waals surface area contributed by atoms with Crippen LogP contribution in [0, 0.1) is 0 Å². The molecular formula is C23H27Cl3N2O3. The molecule has 0 saturated heterocycles. The summed E-state index contributed by atoms with van der Waals surface area (Å²) < 4.78 is 5.56. The average molecular weight is 486 g/mol. The van der Waals surface area contributed by atoms with E-state index in [0.717, 1.165) is 16.8 Å². The Balaban J connectivity index is 1.64. The zero-order valence-corrected chi connectivity index (χ0v) is 19.9. The van der Waals surface area contributed by atoms with E-state index in [1.165, 1.54) is 0 Å². The first-order chi connectivity index (χ1) is 14.8. The fraction of sp³-hybridized carbons (Fsp3) is 0.435. The van der Waals surface area contributed by atoms with Crippen molar-refractivity contribution in [2.75, 3.05) is 19.7 Å². The van der Waals surface area contributed by atoms with E-state index in [1.54, 1.807) is 12.1 Å². The molecule has 1 N–H and O–H groups in total. The second-order valence-corrected chi connectivity index (χ2v) is 9.21. The van der Waals surface area contributed by atoms with Gasteiger partial charge in [0.15, 0.2) is 0 Å². The quantitative estimate of drug-likeness (QED) is 0.488. The molecule has 0 saturated carbocycles. The number of rotatable bonds is 10. The van der Waals surface area contributed by atoms with Gasteiger partial charge in [-0.05, 0) is 43.7 Å². The monoisotopic (exact) mass is 484 g/mol. The summed E-state index contributed by atoms with van der Waals surface area (Å²) in [7, 11) is 0. The van der Waals surface area contributed by atoms with Crippen molar-refractivity contribution in [2.45, 2.75) is 45.1 Å². The van der Waals surface area contributed by atoms with Gasteiger partial charge in [-0.3, -0.25) is 4.90 Å². The van der Waals surface area contributed by atoms with Crippen molar-refractivity contribution in [3.05, 3.63) is 68.7 Å². The van der Waals surface area contributed by atoms with E-state index >= 15 is 0 Å². The van der Waals surface area contributed by atoms with E-state index in [0.29, 0.717) is 41.1 Å². The lowest BCUT2D eigenvalue weighted by Crippen LogP contribution is -2.39. The van der Waals surface area contributed by atoms with Gasteiger partial charge in [-0.15, -0.1) is 0 Å². The van der Waals surface area contributed by atoms with Crippen LogP contribution in [0.4, 0.5) is 0 Å². The first kappa shape index (κ1) is 24.3. The number of benzene rings is 2. The largest absolute Gasteiger partial charge is 0.390 e. The Bertz CT molecular complexity index is 907. The lowest BCUT2D eigenvalue weighted by molar-refractivity contribution is -0.0194. The first-order valence-electron chi connectivity index (χ1n) is 10.2. The van der Waals surface area contributed by atoms with Crippen LogP contribution >= 0.6 is 34.8 Å². The molecule has 1 aliphatic heterocycles. The average Bonchev–Trinajstić information content (AvgIpc) is 3.17. The van der Waals surface area contributed by atoms with Crippen LogP contribution in [0.15, 0.2) is 47.6 Å². The predicted octanol–water partition coefficient (Wildman–Crippen LogP) is 5.43. The summed E-state index contributed by atoms with van der Waals surface area (Å²) in [6, 6.07) is 13.2. The standard InChI is InChI=1S/C23H27Cl3N2O3/c1-15(2)30-14-19(29)12-28(11-16-4-3-5-18(24)8-16)13-20-10-23(27-31-20)17-6-7-21(25)22(26)9-17/h3-9,15,19-20,29H,10-14H2,1-2H3. The van der Waals surface area contributed by atoms with Gasteiger partial charge < -0.3 is 14.7 Å². The van der Waals surface area contributed by atoms with E-state index < -0.39 is 6.10 Å². The van der Waals surface area contributed by atoms with Gasteiger partial charge >= 0.3 is 0 Å². The van der Waals surface area contributed by atoms with Crippen molar-refractivity contribution in [1.82, 2.24) is 4.90 Å². The molecule has 5 nitrogen and oxygen atoms in total. The molecule has 2 atom stereocenters. The van der Waals surface area contributed by atoms with Crippen molar-refractivity contribution < 1.29 is 14.7 Å². The molecule has 0 amide bonds. The first-order valence-corrected chi connectivity index (χ1v) is 11.4. The second-order valence-electron chi connectivity index (χ2n) is 7.96. The Morgan fingerprint density at radius 3 is 2.68 bits per heavy atom. The minimum atomic E-state index is -0.613. The summed E-state index contributed by atoms with van der Waals surface area (Å²) in [4.78, 5) is 7.83. The van der Waals surface area contributed by atoms with Crippen molar-refractivity contribution in [3.63, 3.8) is 0 Å². The lowest BCUT2D eigenvalue weighted by Gasteiger charge is -2.27. The SMILES string of the molecule is CC(C)OCC(O)CN(Cc1cccc(Cl)c1)CC1CC(c2ccc(Cl)c(Cl)c2)=NO1. The van der Waals surface area contributed by atoms with Gasteiger partial charge in [0.2, 0.25) is 0 Å². The third-order valence-corrected chi connectivity index (χ3v) is 5.81. The van der Waals surface area contributed by atoms with Gasteiger partial charge in [-0.1, -0.05) is 58.2 Å². The number of ether oxygens (including phenoxy) is 1. The zero-order valence-electron chi connectivity index (χ0n) is 17.6. The smallest absolute Gasteiger partial charge is 0.145 e. The summed E-state index contributed by atoms with van der Waals surface area (Å²) in [5, 5.41) is 16.4. The molecule has 2 aromatic carbocycles. The Kier molecular flexibility index (Phi) is 9.02. The maximum absolute atomic E-state index is 10.5. The molecule has 1 aliphatic rings. The molecule has 0 spiro atoms. The van der Waals surface area contributed by atoms with Crippen molar-refractivity contribution >= 4 is 40.5 Å². The number of aliphatic hydroxyl groups is 1. The van der Waals surface area contributed by atoms with E-state index in [2.05, 4.69) is 10.1 Å². The van der Waals surface area contributed by atoms with Crippen molar-refractivity contribution in [3.8, 4) is 0 Å². The summed E-state index contributed by atoms with van der Waals surface area (Å²) in [5.41, 5.74) is 2.78. The number of nitrogens with zero attached hydrogens (tertiary/aromatic N) is 2. The maximum atomic E-state index is 10.5. The molecule has 2 aromatic rings. The van der Waals surface area contributed by atoms with E-state index in [4.69, 9.17) is 44.4 Å². The van der Waals surface area contributed by atoms with Crippen LogP contribution in [0.2, 0.25) is 15.1 Å². The van der Waals surface area contributed by atoms with Crippen LogP contribution < -0.4 is 0 Å². The van der Waals surface area contributed by atoms with Crippen molar-refractivity contribution in [1.29, 1.82) is 0 Å². The maximum Gasteiger partial charge on any atom is 0.145 e. The predicted molar refractivity (Wildman–Crippen MR) is 126 cm³/mol. The summed E-state index contributed by atoms with van der Waals surface area (Å²) in [6.07, 6.45) is -0.0422. The topological polar surface area (TPSA) is 54.3 Å². The van der Waals surface area contributed by atoms with Crippen LogP contribution in [0.25, 0.3) is 0 Å². The molecule has 168 valence electrons. The third-order valence-electron chi connectivity index (χ3n) is 4.83. The number of hydrogen-bond acceptors (Lipinski definition) is 5. The van der Waals surface area contributed by atoms with Gasteiger partial charge in [-0.2, -0.15) is 0 Å². The molecular weight excluding hydrogens is 459 g/mol. The van der Waals surface area contributed by atoms with Crippen molar-refractivity contribution in [2.24, 2.45) is 5.16 Å². The van der Waals surface area contributed by atoms with E-state index in [1.807, 2.05) is 44.2 Å². The van der Waals surface area contributed by atoms with Gasteiger partial charge in [-0.25, -0.2) is 0 Å². The molecule has 0 fully saturated rings. The van der Waals surface area contributed by atoms with Gasteiger partial charge in [0.25, 0.3) is 0 Å². The van der Waals surface area contributed by atoms with E-state index in [-0.39, 0.29) is 18.8 Å². The normalized spacial score (nSPS) is 17.2. The highest BCUT2D eigenvalue weighted by Gasteiger charge is 2.26. The van der Waals surface area contributed by atoms with Gasteiger partial charge in [0, 0.05) is 36.6 Å². The summed E-state index contributed by atoms with van der Waals surface area (Å²) in [5.74, 6) is 0. The lowest BCUT2D eigenvalue weighted by atomic mass is 10.0.